The molecule has 2 aromatic rings. The summed E-state index contributed by atoms with van der Waals surface area (Å²) in [6, 6.07) is 7.82. The number of ether oxygens (including phenoxy) is 2. The third-order valence-corrected chi connectivity index (χ3v) is 5.85. The number of piperidine rings is 1. The Balaban J connectivity index is 1.88. The molecule has 0 spiro atoms. The molecule has 3 rings (SSSR count). The highest BCUT2D eigenvalue weighted by Crippen LogP contribution is 2.42. The number of hydrogen-bond donors (Lipinski definition) is 1. The molecular weight excluding hydrogens is 382 g/mol. The van der Waals surface area contributed by atoms with Crippen LogP contribution in [0.4, 0.5) is 4.79 Å². The monoisotopic (exact) mass is 417 g/mol. The van der Waals surface area contributed by atoms with Crippen molar-refractivity contribution in [3.8, 4) is 0 Å². The van der Waals surface area contributed by atoms with E-state index in [4.69, 9.17) is 13.9 Å². The van der Waals surface area contributed by atoms with Crippen molar-refractivity contribution < 1.29 is 23.8 Å². The zero-order valence-corrected chi connectivity index (χ0v) is 18.6. The van der Waals surface area contributed by atoms with E-state index in [9.17, 15) is 9.90 Å². The molecule has 1 aromatic carbocycles. The fraction of sp³-hybridized carbons (Fsp3) is 0.625. The van der Waals surface area contributed by atoms with E-state index < -0.39 is 11.2 Å². The average Bonchev–Trinajstić information content (AvgIpc) is 3.19. The summed E-state index contributed by atoms with van der Waals surface area (Å²) >= 11 is 0. The third-order valence-electron chi connectivity index (χ3n) is 5.85. The largest absolute Gasteiger partial charge is 0.464 e. The van der Waals surface area contributed by atoms with E-state index in [0.29, 0.717) is 26.1 Å². The zero-order chi connectivity index (χ0) is 21.8. The minimum atomic E-state index is -1.09. The standard InChI is InChI=1S/C24H35NO5/c1-23(2,3)30-22(26)25-14-8-10-19(17-25)24(27,13-5-6-15-28-4)20-11-7-9-18-12-16-29-21(18)20/h7,9,11-12,16,19,27H,5-6,8,10,13-15,17H2,1-4H3. The van der Waals surface area contributed by atoms with Crippen LogP contribution in [0.25, 0.3) is 11.0 Å². The van der Waals surface area contributed by atoms with Gasteiger partial charge in [-0.25, -0.2) is 4.79 Å². The fourth-order valence-corrected chi connectivity index (χ4v) is 4.39. The number of hydrogen-bond acceptors (Lipinski definition) is 5. The molecule has 6 nitrogen and oxygen atoms in total. The van der Waals surface area contributed by atoms with Crippen molar-refractivity contribution in [2.45, 2.75) is 64.1 Å². The van der Waals surface area contributed by atoms with Crippen LogP contribution < -0.4 is 0 Å². The molecular formula is C24H35NO5. The summed E-state index contributed by atoms with van der Waals surface area (Å²) in [5, 5.41) is 13.1. The lowest BCUT2D eigenvalue weighted by molar-refractivity contribution is -0.0637. The number of amides is 1. The predicted octanol–water partition coefficient (Wildman–Crippen LogP) is 5.08. The molecule has 1 aliphatic heterocycles. The van der Waals surface area contributed by atoms with Gasteiger partial charge < -0.3 is 23.9 Å². The quantitative estimate of drug-likeness (QED) is 0.636. The second-order valence-electron chi connectivity index (χ2n) is 9.28. The smallest absolute Gasteiger partial charge is 0.410 e. The molecule has 0 bridgehead atoms. The van der Waals surface area contributed by atoms with Crippen LogP contribution >= 0.6 is 0 Å². The number of rotatable bonds is 7. The number of carbonyl (C=O) groups is 1. The van der Waals surface area contributed by atoms with E-state index in [1.165, 1.54) is 0 Å². The van der Waals surface area contributed by atoms with E-state index in [1.54, 1.807) is 18.3 Å². The molecule has 30 heavy (non-hydrogen) atoms. The van der Waals surface area contributed by atoms with Gasteiger partial charge in [0.05, 0.1) is 11.9 Å². The second-order valence-corrected chi connectivity index (χ2v) is 9.28. The maximum Gasteiger partial charge on any atom is 0.410 e. The van der Waals surface area contributed by atoms with Crippen LogP contribution in [0.15, 0.2) is 34.9 Å². The molecule has 0 saturated carbocycles. The van der Waals surface area contributed by atoms with Gasteiger partial charge in [-0.2, -0.15) is 0 Å². The lowest BCUT2D eigenvalue weighted by atomic mass is 9.73. The molecule has 1 aromatic heterocycles. The van der Waals surface area contributed by atoms with E-state index >= 15 is 0 Å². The van der Waals surface area contributed by atoms with Crippen LogP contribution in [0, 0.1) is 5.92 Å². The van der Waals surface area contributed by atoms with Gasteiger partial charge in [-0.15, -0.1) is 0 Å². The van der Waals surface area contributed by atoms with Crippen molar-refractivity contribution in [1.82, 2.24) is 4.90 Å². The number of aliphatic hydroxyl groups is 1. The normalized spacial score (nSPS) is 19.6. The molecule has 0 radical (unpaired) electrons. The van der Waals surface area contributed by atoms with E-state index in [1.807, 2.05) is 45.0 Å². The first-order valence-electron chi connectivity index (χ1n) is 10.9. The highest BCUT2D eigenvalue weighted by molar-refractivity contribution is 5.81. The van der Waals surface area contributed by atoms with Crippen molar-refractivity contribution in [3.05, 3.63) is 36.1 Å². The van der Waals surface area contributed by atoms with Crippen LogP contribution in [-0.2, 0) is 15.1 Å². The first kappa shape index (κ1) is 22.6. The zero-order valence-electron chi connectivity index (χ0n) is 18.6. The molecule has 1 N–H and O–H groups in total. The molecule has 2 heterocycles. The van der Waals surface area contributed by atoms with Crippen molar-refractivity contribution in [3.63, 3.8) is 0 Å². The Hall–Kier alpha value is -2.05. The first-order valence-corrected chi connectivity index (χ1v) is 10.9. The molecule has 1 amide bonds. The van der Waals surface area contributed by atoms with E-state index in [-0.39, 0.29) is 12.0 Å². The van der Waals surface area contributed by atoms with Crippen LogP contribution in [0.2, 0.25) is 0 Å². The van der Waals surface area contributed by atoms with Gasteiger partial charge in [-0.05, 0) is 58.9 Å². The molecule has 1 saturated heterocycles. The highest BCUT2D eigenvalue weighted by atomic mass is 16.6. The van der Waals surface area contributed by atoms with Crippen LogP contribution in [-0.4, -0.2) is 48.5 Å². The predicted molar refractivity (Wildman–Crippen MR) is 116 cm³/mol. The number of para-hydroxylation sites is 1. The lowest BCUT2D eigenvalue weighted by Gasteiger charge is -2.43. The van der Waals surface area contributed by atoms with Gasteiger partial charge >= 0.3 is 6.09 Å². The van der Waals surface area contributed by atoms with Gasteiger partial charge in [0.2, 0.25) is 0 Å². The Morgan fingerprint density at radius 3 is 2.80 bits per heavy atom. The van der Waals surface area contributed by atoms with Crippen molar-refractivity contribution in [1.29, 1.82) is 0 Å². The number of carbonyl (C=O) groups excluding carboxylic acids is 1. The SMILES string of the molecule is COCCCCC(O)(c1cccc2ccoc12)C1CCCN(C(=O)OC(C)(C)C)C1. The average molecular weight is 418 g/mol. The van der Waals surface area contributed by atoms with Crippen molar-refractivity contribution >= 4 is 17.1 Å². The van der Waals surface area contributed by atoms with E-state index in [0.717, 1.165) is 42.2 Å². The Bertz CT molecular complexity index is 839. The molecule has 2 unspecified atom stereocenters. The number of methoxy groups -OCH3 is 1. The van der Waals surface area contributed by atoms with E-state index in [2.05, 4.69) is 0 Å². The van der Waals surface area contributed by atoms with Gasteiger partial charge in [0, 0.05) is 43.7 Å². The number of nitrogens with zero attached hydrogens (tertiary/aromatic N) is 1. The van der Waals surface area contributed by atoms with Crippen LogP contribution in [0.5, 0.6) is 0 Å². The topological polar surface area (TPSA) is 72.1 Å². The third kappa shape index (κ3) is 5.16. The summed E-state index contributed by atoms with van der Waals surface area (Å²) in [7, 11) is 1.69. The lowest BCUT2D eigenvalue weighted by Crippen LogP contribution is -2.49. The molecule has 166 valence electrons. The summed E-state index contributed by atoms with van der Waals surface area (Å²) < 4.78 is 16.5. The van der Waals surface area contributed by atoms with Crippen molar-refractivity contribution in [2.75, 3.05) is 26.8 Å². The number of fused-ring (bicyclic) bond motifs is 1. The maximum absolute atomic E-state index is 12.7. The van der Waals surface area contributed by atoms with Crippen molar-refractivity contribution in [2.24, 2.45) is 5.92 Å². The summed E-state index contributed by atoms with van der Waals surface area (Å²) in [5.41, 5.74) is -0.106. The van der Waals surface area contributed by atoms with Gasteiger partial charge in [0.25, 0.3) is 0 Å². The highest BCUT2D eigenvalue weighted by Gasteiger charge is 2.43. The number of furan rings is 1. The molecule has 1 fully saturated rings. The van der Waals surface area contributed by atoms with Crippen LogP contribution in [0.3, 0.4) is 0 Å². The first-order chi connectivity index (χ1) is 14.2. The number of likely N-dealkylation sites (tertiary alicyclic amines) is 1. The summed E-state index contributed by atoms with van der Waals surface area (Å²) in [4.78, 5) is 14.4. The van der Waals surface area contributed by atoms with Gasteiger partial charge in [0.1, 0.15) is 11.2 Å². The minimum absolute atomic E-state index is 0.1000. The summed E-state index contributed by atoms with van der Waals surface area (Å²) in [6.07, 6.45) is 5.30. The summed E-state index contributed by atoms with van der Waals surface area (Å²) in [6.45, 7) is 7.39. The summed E-state index contributed by atoms with van der Waals surface area (Å²) in [5.74, 6) is -0.1000. The number of unbranched alkanes of at least 4 members (excludes halogenated alkanes) is 1. The van der Waals surface area contributed by atoms with Gasteiger partial charge in [-0.3, -0.25) is 0 Å². The molecule has 6 heteroatoms. The molecule has 2 atom stereocenters. The Labute approximate surface area is 179 Å². The molecule has 1 aliphatic rings. The number of benzene rings is 1. The fourth-order valence-electron chi connectivity index (χ4n) is 4.39. The molecule has 0 aliphatic carbocycles. The minimum Gasteiger partial charge on any atom is -0.464 e. The Morgan fingerprint density at radius 2 is 2.07 bits per heavy atom. The van der Waals surface area contributed by atoms with Gasteiger partial charge in [0.15, 0.2) is 0 Å². The maximum atomic E-state index is 12.7. The van der Waals surface area contributed by atoms with Crippen LogP contribution in [0.1, 0.15) is 58.4 Å². The Kier molecular flexibility index (Phi) is 7.09. The van der Waals surface area contributed by atoms with Gasteiger partial charge in [-0.1, -0.05) is 18.2 Å². The Morgan fingerprint density at radius 1 is 1.27 bits per heavy atom. The second kappa shape index (κ2) is 9.40.